The quantitative estimate of drug-likeness (QED) is 0.732. The Morgan fingerprint density at radius 1 is 1.19 bits per heavy atom. The zero-order valence-electron chi connectivity index (χ0n) is 16.0. The van der Waals surface area contributed by atoms with Crippen molar-refractivity contribution in [2.45, 2.75) is 32.6 Å². The number of hydrogen-bond donors (Lipinski definition) is 1. The lowest BCUT2D eigenvalue weighted by Crippen LogP contribution is -2.24. The van der Waals surface area contributed by atoms with Crippen molar-refractivity contribution in [2.75, 3.05) is 25.1 Å². The van der Waals surface area contributed by atoms with Gasteiger partial charge in [-0.2, -0.15) is 5.10 Å². The zero-order valence-corrected chi connectivity index (χ0v) is 16.0. The van der Waals surface area contributed by atoms with E-state index in [1.165, 1.54) is 12.0 Å². The lowest BCUT2D eigenvalue weighted by atomic mass is 9.94. The molecule has 5 nitrogen and oxygen atoms in total. The molecular formula is C22H26N4O. The summed E-state index contributed by atoms with van der Waals surface area (Å²) in [5, 5.41) is 14.9. The van der Waals surface area contributed by atoms with Crippen LogP contribution in [0.1, 0.15) is 42.6 Å². The fraction of sp³-hybridized carbons (Fsp3) is 0.409. The molecule has 3 heterocycles. The molecule has 0 aliphatic carbocycles. The van der Waals surface area contributed by atoms with Crippen LogP contribution in [-0.4, -0.2) is 34.9 Å². The van der Waals surface area contributed by atoms with Gasteiger partial charge < -0.3 is 10.1 Å². The Bertz CT molecular complexity index is 921. The smallest absolute Gasteiger partial charge is 0.156 e. The van der Waals surface area contributed by atoms with Crippen molar-refractivity contribution in [1.29, 1.82) is 0 Å². The van der Waals surface area contributed by atoms with E-state index in [4.69, 9.17) is 4.74 Å². The molecule has 27 heavy (non-hydrogen) atoms. The van der Waals surface area contributed by atoms with Crippen LogP contribution in [0.15, 0.2) is 42.6 Å². The van der Waals surface area contributed by atoms with Gasteiger partial charge in [-0.25, -0.2) is 0 Å². The first-order valence-corrected chi connectivity index (χ1v) is 9.72. The molecule has 4 rings (SSSR count). The molecule has 1 aromatic carbocycles. The minimum atomic E-state index is 0.157. The van der Waals surface area contributed by atoms with Crippen LogP contribution in [0.4, 0.5) is 5.82 Å². The monoisotopic (exact) mass is 362 g/mol. The van der Waals surface area contributed by atoms with E-state index in [1.807, 2.05) is 13.1 Å². The van der Waals surface area contributed by atoms with Crippen molar-refractivity contribution >= 4 is 16.6 Å². The van der Waals surface area contributed by atoms with Crippen LogP contribution >= 0.6 is 0 Å². The minimum Gasteiger partial charge on any atom is -0.381 e. The maximum Gasteiger partial charge on any atom is 0.156 e. The average Bonchev–Trinajstić information content (AvgIpc) is 2.72. The number of aryl methyl sites for hydroxylation is 1. The summed E-state index contributed by atoms with van der Waals surface area (Å²) in [6.45, 7) is 6.78. The molecule has 2 aromatic heterocycles. The lowest BCUT2D eigenvalue weighted by molar-refractivity contribution is 0.0595. The lowest BCUT2D eigenvalue weighted by Gasteiger charge is -2.23. The summed E-state index contributed by atoms with van der Waals surface area (Å²) >= 11 is 0. The molecule has 0 amide bonds. The molecule has 1 fully saturated rings. The highest BCUT2D eigenvalue weighted by Crippen LogP contribution is 2.31. The van der Waals surface area contributed by atoms with E-state index in [9.17, 15) is 0 Å². The maximum absolute atomic E-state index is 5.59. The van der Waals surface area contributed by atoms with Crippen LogP contribution in [0.25, 0.3) is 10.8 Å². The molecule has 0 bridgehead atoms. The molecule has 1 aliphatic rings. The Balaban J connectivity index is 1.63. The van der Waals surface area contributed by atoms with Gasteiger partial charge in [0.15, 0.2) is 5.82 Å². The van der Waals surface area contributed by atoms with Gasteiger partial charge >= 0.3 is 0 Å². The number of rotatable bonds is 5. The SMILES string of the molecule is Cc1cc(C(C)c2nnc(NCC3CCCOC3)c3ccccc23)ccn1. The summed E-state index contributed by atoms with van der Waals surface area (Å²) in [5.41, 5.74) is 3.23. The maximum atomic E-state index is 5.59. The van der Waals surface area contributed by atoms with Crippen LogP contribution in [0.3, 0.4) is 0 Å². The molecule has 0 saturated carbocycles. The fourth-order valence-corrected chi connectivity index (χ4v) is 3.78. The number of fused-ring (bicyclic) bond motifs is 1. The molecular weight excluding hydrogens is 336 g/mol. The molecule has 2 atom stereocenters. The summed E-state index contributed by atoms with van der Waals surface area (Å²) < 4.78 is 5.59. The Morgan fingerprint density at radius 2 is 2.04 bits per heavy atom. The molecule has 3 aromatic rings. The van der Waals surface area contributed by atoms with Crippen LogP contribution < -0.4 is 5.32 Å². The van der Waals surface area contributed by atoms with E-state index in [1.54, 1.807) is 0 Å². The molecule has 5 heteroatoms. The predicted octanol–water partition coefficient (Wildman–Crippen LogP) is 4.32. The second-order valence-electron chi connectivity index (χ2n) is 7.40. The summed E-state index contributed by atoms with van der Waals surface area (Å²) in [5.74, 6) is 1.56. The third-order valence-electron chi connectivity index (χ3n) is 5.36. The molecule has 0 spiro atoms. The second kappa shape index (κ2) is 8.01. The largest absolute Gasteiger partial charge is 0.381 e. The third kappa shape index (κ3) is 3.93. The molecule has 0 radical (unpaired) electrons. The van der Waals surface area contributed by atoms with E-state index in [2.05, 4.69) is 63.8 Å². The number of hydrogen-bond acceptors (Lipinski definition) is 5. The van der Waals surface area contributed by atoms with Crippen molar-refractivity contribution in [2.24, 2.45) is 5.92 Å². The van der Waals surface area contributed by atoms with Crippen molar-refractivity contribution in [3.8, 4) is 0 Å². The van der Waals surface area contributed by atoms with Crippen molar-refractivity contribution < 1.29 is 4.74 Å². The summed E-state index contributed by atoms with van der Waals surface area (Å²) in [7, 11) is 0. The summed E-state index contributed by atoms with van der Waals surface area (Å²) in [6.07, 6.45) is 4.20. The van der Waals surface area contributed by atoms with E-state index < -0.39 is 0 Å². The van der Waals surface area contributed by atoms with Gasteiger partial charge in [0.25, 0.3) is 0 Å². The standard InChI is InChI=1S/C22H26N4O/c1-15-12-18(9-10-23-15)16(2)21-19-7-3-4-8-20(19)22(26-25-21)24-13-17-6-5-11-27-14-17/h3-4,7-10,12,16-17H,5-6,11,13-14H2,1-2H3,(H,24,26). The first-order valence-electron chi connectivity index (χ1n) is 9.72. The average molecular weight is 362 g/mol. The van der Waals surface area contributed by atoms with Crippen LogP contribution in [0, 0.1) is 12.8 Å². The molecule has 1 N–H and O–H groups in total. The molecule has 140 valence electrons. The minimum absolute atomic E-state index is 0.157. The van der Waals surface area contributed by atoms with Gasteiger partial charge in [-0.05, 0) is 43.4 Å². The van der Waals surface area contributed by atoms with E-state index >= 15 is 0 Å². The van der Waals surface area contributed by atoms with Crippen molar-refractivity contribution in [1.82, 2.24) is 15.2 Å². The number of anilines is 1. The number of nitrogens with one attached hydrogen (secondary N) is 1. The van der Waals surface area contributed by atoms with Gasteiger partial charge in [0.2, 0.25) is 0 Å². The van der Waals surface area contributed by atoms with Gasteiger partial charge in [0.05, 0.1) is 12.3 Å². The highest BCUT2D eigenvalue weighted by Gasteiger charge is 2.18. The highest BCUT2D eigenvalue weighted by molar-refractivity contribution is 5.93. The fourth-order valence-electron chi connectivity index (χ4n) is 3.78. The van der Waals surface area contributed by atoms with Gasteiger partial charge in [0.1, 0.15) is 0 Å². The van der Waals surface area contributed by atoms with Gasteiger partial charge in [0, 0.05) is 41.7 Å². The Kier molecular flexibility index (Phi) is 5.30. The summed E-state index contributed by atoms with van der Waals surface area (Å²) in [4.78, 5) is 4.30. The first-order chi connectivity index (χ1) is 13.2. The van der Waals surface area contributed by atoms with Crippen LogP contribution in [-0.2, 0) is 4.74 Å². The Morgan fingerprint density at radius 3 is 2.81 bits per heavy atom. The second-order valence-corrected chi connectivity index (χ2v) is 7.40. The number of benzene rings is 1. The van der Waals surface area contributed by atoms with Gasteiger partial charge in [-0.15, -0.1) is 5.10 Å². The topological polar surface area (TPSA) is 59.9 Å². The summed E-state index contributed by atoms with van der Waals surface area (Å²) in [6, 6.07) is 12.6. The number of nitrogens with zero attached hydrogens (tertiary/aromatic N) is 3. The van der Waals surface area contributed by atoms with Crippen molar-refractivity contribution in [3.05, 3.63) is 59.5 Å². The number of pyridine rings is 1. The van der Waals surface area contributed by atoms with Crippen LogP contribution in [0.2, 0.25) is 0 Å². The first kappa shape index (κ1) is 17.9. The van der Waals surface area contributed by atoms with E-state index in [-0.39, 0.29) is 5.92 Å². The third-order valence-corrected chi connectivity index (χ3v) is 5.36. The van der Waals surface area contributed by atoms with E-state index in [0.29, 0.717) is 5.92 Å². The highest BCUT2D eigenvalue weighted by atomic mass is 16.5. The number of ether oxygens (including phenoxy) is 1. The molecule has 1 aliphatic heterocycles. The Hall–Kier alpha value is -2.53. The van der Waals surface area contributed by atoms with Gasteiger partial charge in [-0.1, -0.05) is 31.2 Å². The van der Waals surface area contributed by atoms with Crippen LogP contribution in [0.5, 0.6) is 0 Å². The zero-order chi connectivity index (χ0) is 18.6. The predicted molar refractivity (Wildman–Crippen MR) is 108 cm³/mol. The Labute approximate surface area is 160 Å². The van der Waals surface area contributed by atoms with Crippen molar-refractivity contribution in [3.63, 3.8) is 0 Å². The number of aromatic nitrogens is 3. The molecule has 2 unspecified atom stereocenters. The molecule has 1 saturated heterocycles. The van der Waals surface area contributed by atoms with Gasteiger partial charge in [-0.3, -0.25) is 4.98 Å². The normalized spacial score (nSPS) is 18.4. The van der Waals surface area contributed by atoms with E-state index in [0.717, 1.165) is 54.2 Å².